The van der Waals surface area contributed by atoms with Crippen LogP contribution in [0.2, 0.25) is 0 Å². The van der Waals surface area contributed by atoms with Crippen LogP contribution in [0.5, 0.6) is 0 Å². The van der Waals surface area contributed by atoms with Crippen LogP contribution in [-0.2, 0) is 4.79 Å². The number of hydrogen-bond donors (Lipinski definition) is 1. The first-order valence-electron chi connectivity index (χ1n) is 8.24. The minimum atomic E-state index is -0.298. The fourth-order valence-corrected chi connectivity index (χ4v) is 4.57. The predicted octanol–water partition coefficient (Wildman–Crippen LogP) is 3.66. The van der Waals surface area contributed by atoms with Crippen molar-refractivity contribution in [3.05, 3.63) is 20.8 Å². The topological polar surface area (TPSA) is 64.0 Å². The molecule has 0 aliphatic carbocycles. The first kappa shape index (κ1) is 19.0. The lowest BCUT2D eigenvalue weighted by Gasteiger charge is -2.18. The van der Waals surface area contributed by atoms with E-state index in [9.17, 15) is 9.59 Å². The fourth-order valence-electron chi connectivity index (χ4n) is 2.43. The first-order chi connectivity index (χ1) is 11.3. The third kappa shape index (κ3) is 3.67. The Labute approximate surface area is 150 Å². The maximum Gasteiger partial charge on any atom is 0.263 e. The largest absolute Gasteiger partial charge is 0.355 e. The van der Waals surface area contributed by atoms with Crippen LogP contribution in [0, 0.1) is 13.8 Å². The van der Waals surface area contributed by atoms with E-state index >= 15 is 0 Å². The van der Waals surface area contributed by atoms with Gasteiger partial charge in [0.2, 0.25) is 5.91 Å². The monoisotopic (exact) mass is 367 g/mol. The van der Waals surface area contributed by atoms with E-state index in [1.54, 1.807) is 4.57 Å². The van der Waals surface area contributed by atoms with Gasteiger partial charge in [0.25, 0.3) is 5.56 Å². The molecule has 5 nitrogen and oxygen atoms in total. The second-order valence-electron chi connectivity index (χ2n) is 6.18. The molecular weight excluding hydrogens is 342 g/mol. The van der Waals surface area contributed by atoms with Crippen LogP contribution < -0.4 is 10.9 Å². The number of carbonyl (C=O) groups excluding carboxylic acids is 1. The van der Waals surface area contributed by atoms with Crippen molar-refractivity contribution >= 4 is 39.2 Å². The van der Waals surface area contributed by atoms with Gasteiger partial charge in [0.1, 0.15) is 4.83 Å². The predicted molar refractivity (Wildman–Crippen MR) is 102 cm³/mol. The zero-order valence-electron chi connectivity index (χ0n) is 15.1. The highest BCUT2D eigenvalue weighted by molar-refractivity contribution is 8.00. The Kier molecular flexibility index (Phi) is 6.09. The summed E-state index contributed by atoms with van der Waals surface area (Å²) in [5.41, 5.74) is 0.993. The van der Waals surface area contributed by atoms with E-state index < -0.39 is 0 Å². The molecule has 0 aromatic carbocycles. The average molecular weight is 368 g/mol. The van der Waals surface area contributed by atoms with Gasteiger partial charge in [-0.15, -0.1) is 11.3 Å². The number of aryl methyl sites for hydroxylation is 2. The number of thioether (sulfide) groups is 1. The number of nitrogens with zero attached hydrogens (tertiary/aromatic N) is 2. The van der Waals surface area contributed by atoms with Crippen molar-refractivity contribution < 1.29 is 4.79 Å². The van der Waals surface area contributed by atoms with Crippen molar-refractivity contribution in [3.8, 4) is 0 Å². The maximum atomic E-state index is 13.0. The molecule has 0 unspecified atom stereocenters. The van der Waals surface area contributed by atoms with Gasteiger partial charge in [-0.25, -0.2) is 4.98 Å². The molecular formula is C17H25N3O2S2. The van der Waals surface area contributed by atoms with Crippen molar-refractivity contribution in [3.63, 3.8) is 0 Å². The fraction of sp³-hybridized carbons (Fsp3) is 0.588. The molecule has 0 saturated heterocycles. The highest BCUT2D eigenvalue weighted by atomic mass is 32.2. The SMILES string of the molecule is CCCNC(=O)[C@@H](C)Sc1nc2sc(C)c(C)c2c(=O)n1C(C)C. The van der Waals surface area contributed by atoms with Gasteiger partial charge in [0, 0.05) is 17.5 Å². The van der Waals surface area contributed by atoms with Gasteiger partial charge < -0.3 is 5.32 Å². The number of hydrogen-bond acceptors (Lipinski definition) is 5. The molecule has 0 radical (unpaired) electrons. The molecule has 2 heterocycles. The summed E-state index contributed by atoms with van der Waals surface area (Å²) in [6.07, 6.45) is 0.901. The molecule has 0 aliphatic heterocycles. The second-order valence-corrected chi connectivity index (χ2v) is 8.69. The number of amides is 1. The lowest BCUT2D eigenvalue weighted by atomic mass is 10.2. The maximum absolute atomic E-state index is 13.0. The van der Waals surface area contributed by atoms with E-state index in [2.05, 4.69) is 5.32 Å². The van der Waals surface area contributed by atoms with Crippen LogP contribution in [0.15, 0.2) is 9.95 Å². The van der Waals surface area contributed by atoms with E-state index in [0.29, 0.717) is 17.1 Å². The van der Waals surface area contributed by atoms with Crippen LogP contribution >= 0.6 is 23.1 Å². The standard InChI is InChI=1S/C17H25N3O2S2/c1-7-8-18-14(21)12(6)24-17-19-15-13(10(4)11(5)23-15)16(22)20(17)9(2)3/h9,12H,7-8H2,1-6H3,(H,18,21)/t12-/m1/s1. The summed E-state index contributed by atoms with van der Waals surface area (Å²) < 4.78 is 1.70. The summed E-state index contributed by atoms with van der Waals surface area (Å²) in [6.45, 7) is 12.4. The van der Waals surface area contributed by atoms with Gasteiger partial charge in [-0.2, -0.15) is 0 Å². The number of thiophene rings is 1. The van der Waals surface area contributed by atoms with Crippen molar-refractivity contribution in [2.75, 3.05) is 6.54 Å². The molecule has 1 amide bonds. The molecule has 1 N–H and O–H groups in total. The number of nitrogens with one attached hydrogen (secondary N) is 1. The summed E-state index contributed by atoms with van der Waals surface area (Å²) in [6, 6.07) is -0.0117. The van der Waals surface area contributed by atoms with Crippen molar-refractivity contribution in [1.29, 1.82) is 0 Å². The summed E-state index contributed by atoms with van der Waals surface area (Å²) in [5, 5.41) is 3.92. The Morgan fingerprint density at radius 2 is 2.00 bits per heavy atom. The molecule has 0 fully saturated rings. The zero-order chi connectivity index (χ0) is 18.0. The molecule has 2 aromatic heterocycles. The molecule has 0 spiro atoms. The van der Waals surface area contributed by atoms with E-state index in [0.717, 1.165) is 21.7 Å². The molecule has 2 aromatic rings. The minimum absolute atomic E-state index is 0.0117. The smallest absolute Gasteiger partial charge is 0.263 e. The Balaban J connectivity index is 2.47. The van der Waals surface area contributed by atoms with Gasteiger partial charge in [-0.3, -0.25) is 14.2 Å². The third-order valence-corrected chi connectivity index (χ3v) is 6.09. The molecule has 132 valence electrons. The van der Waals surface area contributed by atoms with E-state index in [4.69, 9.17) is 4.98 Å². The van der Waals surface area contributed by atoms with Crippen LogP contribution in [0.1, 0.15) is 50.6 Å². The second kappa shape index (κ2) is 7.70. The summed E-state index contributed by atoms with van der Waals surface area (Å²) in [5.74, 6) is -0.0231. The molecule has 0 bridgehead atoms. The van der Waals surface area contributed by atoms with Crippen LogP contribution in [0.3, 0.4) is 0 Å². The highest BCUT2D eigenvalue weighted by Crippen LogP contribution is 2.30. The summed E-state index contributed by atoms with van der Waals surface area (Å²) >= 11 is 2.89. The lowest BCUT2D eigenvalue weighted by molar-refractivity contribution is -0.120. The Morgan fingerprint density at radius 3 is 2.58 bits per heavy atom. The Hall–Kier alpha value is -1.34. The van der Waals surface area contributed by atoms with E-state index in [-0.39, 0.29) is 22.8 Å². The van der Waals surface area contributed by atoms with Crippen molar-refractivity contribution in [1.82, 2.24) is 14.9 Å². The van der Waals surface area contributed by atoms with Crippen molar-refractivity contribution in [2.24, 2.45) is 0 Å². The number of aromatic nitrogens is 2. The van der Waals surface area contributed by atoms with Gasteiger partial charge in [0.15, 0.2) is 5.16 Å². The normalized spacial score (nSPS) is 12.8. The van der Waals surface area contributed by atoms with Gasteiger partial charge in [-0.1, -0.05) is 18.7 Å². The highest BCUT2D eigenvalue weighted by Gasteiger charge is 2.22. The molecule has 0 aliphatic rings. The lowest BCUT2D eigenvalue weighted by Crippen LogP contribution is -2.32. The van der Waals surface area contributed by atoms with Crippen LogP contribution in [0.4, 0.5) is 0 Å². The molecule has 7 heteroatoms. The zero-order valence-corrected chi connectivity index (χ0v) is 16.7. The number of fused-ring (bicyclic) bond motifs is 1. The Bertz CT molecular complexity index is 808. The number of carbonyl (C=O) groups is 1. The molecule has 2 rings (SSSR count). The molecule has 0 saturated carbocycles. The van der Waals surface area contributed by atoms with Crippen molar-refractivity contribution in [2.45, 2.75) is 64.4 Å². The minimum Gasteiger partial charge on any atom is -0.355 e. The van der Waals surface area contributed by atoms with Crippen LogP contribution in [0.25, 0.3) is 10.2 Å². The van der Waals surface area contributed by atoms with Gasteiger partial charge in [0.05, 0.1) is 10.6 Å². The Morgan fingerprint density at radius 1 is 1.33 bits per heavy atom. The first-order valence-corrected chi connectivity index (χ1v) is 9.94. The molecule has 24 heavy (non-hydrogen) atoms. The third-order valence-electron chi connectivity index (χ3n) is 3.92. The van der Waals surface area contributed by atoms with Gasteiger partial charge >= 0.3 is 0 Å². The number of rotatable bonds is 6. The summed E-state index contributed by atoms with van der Waals surface area (Å²) in [4.78, 5) is 31.7. The van der Waals surface area contributed by atoms with Crippen LogP contribution in [-0.4, -0.2) is 27.3 Å². The molecule has 1 atom stereocenters. The average Bonchev–Trinajstić information content (AvgIpc) is 2.79. The quantitative estimate of drug-likeness (QED) is 0.625. The van der Waals surface area contributed by atoms with E-state index in [1.165, 1.54) is 23.1 Å². The van der Waals surface area contributed by atoms with E-state index in [1.807, 2.05) is 41.5 Å². The van der Waals surface area contributed by atoms with Gasteiger partial charge in [-0.05, 0) is 46.6 Å². The summed E-state index contributed by atoms with van der Waals surface area (Å²) in [7, 11) is 0.